The fourth-order valence-corrected chi connectivity index (χ4v) is 3.85. The quantitative estimate of drug-likeness (QED) is 0.629. The van der Waals surface area contributed by atoms with Crippen molar-refractivity contribution >= 4 is 17.4 Å². The van der Waals surface area contributed by atoms with Crippen LogP contribution in [-0.2, 0) is 9.53 Å². The fraction of sp³-hybridized carbons (Fsp3) is 0.174. The van der Waals surface area contributed by atoms with Crippen LogP contribution >= 0.6 is 0 Å². The summed E-state index contributed by atoms with van der Waals surface area (Å²) < 4.78 is 18.8. The summed E-state index contributed by atoms with van der Waals surface area (Å²) in [7, 11) is 1.37. The zero-order valence-electron chi connectivity index (χ0n) is 16.1. The number of ether oxygens (including phenoxy) is 1. The van der Waals surface area contributed by atoms with Crippen molar-refractivity contribution in [3.8, 4) is 0 Å². The Bertz CT molecular complexity index is 1040. The van der Waals surface area contributed by atoms with Crippen LogP contribution in [0.4, 0.5) is 10.1 Å². The monoisotopic (exact) mass is 389 g/mol. The van der Waals surface area contributed by atoms with Crippen LogP contribution in [0.5, 0.6) is 0 Å². The highest BCUT2D eigenvalue weighted by molar-refractivity contribution is 6.12. The fourth-order valence-electron chi connectivity index (χ4n) is 3.85. The third kappa shape index (κ3) is 3.16. The van der Waals surface area contributed by atoms with E-state index in [-0.39, 0.29) is 5.82 Å². The van der Waals surface area contributed by atoms with Crippen molar-refractivity contribution in [3.05, 3.63) is 96.1 Å². The number of aromatic nitrogens is 1. The van der Waals surface area contributed by atoms with Gasteiger partial charge in [0.15, 0.2) is 5.54 Å². The average Bonchev–Trinajstić information content (AvgIpc) is 3.09. The molecule has 1 aliphatic rings. The molecule has 3 aromatic rings. The molecule has 146 valence electrons. The maximum atomic E-state index is 13.5. The molecular formula is C23H20FN3O2. The van der Waals surface area contributed by atoms with Crippen LogP contribution in [0.15, 0.2) is 84.2 Å². The first-order chi connectivity index (χ1) is 14.1. The van der Waals surface area contributed by atoms with Crippen LogP contribution in [0.3, 0.4) is 0 Å². The van der Waals surface area contributed by atoms with Crippen LogP contribution < -0.4 is 5.01 Å². The summed E-state index contributed by atoms with van der Waals surface area (Å²) in [4.78, 5) is 17.2. The van der Waals surface area contributed by atoms with Gasteiger partial charge in [-0.25, -0.2) is 14.2 Å². The molecule has 2 atom stereocenters. The number of esters is 1. The van der Waals surface area contributed by atoms with Crippen LogP contribution in [-0.4, -0.2) is 29.3 Å². The minimum absolute atomic E-state index is 0.330. The zero-order valence-corrected chi connectivity index (χ0v) is 16.1. The molecule has 6 heteroatoms. The summed E-state index contributed by atoms with van der Waals surface area (Å²) in [6.45, 7) is 1.82. The van der Waals surface area contributed by atoms with Crippen LogP contribution in [0.1, 0.15) is 24.0 Å². The Kier molecular flexibility index (Phi) is 4.84. The molecule has 0 N–H and O–H groups in total. The molecule has 29 heavy (non-hydrogen) atoms. The average molecular weight is 389 g/mol. The summed E-state index contributed by atoms with van der Waals surface area (Å²) >= 11 is 0. The summed E-state index contributed by atoms with van der Waals surface area (Å²) in [5.41, 5.74) is 1.89. The third-order valence-corrected chi connectivity index (χ3v) is 5.26. The molecule has 4 rings (SSSR count). The van der Waals surface area contributed by atoms with E-state index >= 15 is 0 Å². The smallest absolute Gasteiger partial charge is 0.334 e. The van der Waals surface area contributed by atoms with Gasteiger partial charge in [0, 0.05) is 12.4 Å². The number of carbonyl (C=O) groups excluding carboxylic acids is 1. The molecule has 0 radical (unpaired) electrons. The minimum Gasteiger partial charge on any atom is -0.467 e. The maximum absolute atomic E-state index is 13.5. The standard InChI is InChI=1S/C23H20FN3O2/c1-23(22(28)29-2)20(16-12-14-25-15-13-16)21(17-8-10-18(24)11-9-17)26-27(23)19-6-4-3-5-7-19/h3-15,20H,1-2H3. The van der Waals surface area contributed by atoms with Gasteiger partial charge in [0.2, 0.25) is 0 Å². The SMILES string of the molecule is COC(=O)C1(C)C(c2ccncc2)C(c2ccc(F)cc2)=NN1c1ccccc1. The third-order valence-electron chi connectivity index (χ3n) is 5.26. The summed E-state index contributed by atoms with van der Waals surface area (Å²) in [5, 5.41) is 6.54. The maximum Gasteiger partial charge on any atom is 0.334 e. The van der Waals surface area contributed by atoms with E-state index in [1.807, 2.05) is 49.4 Å². The number of hydrazone groups is 1. The van der Waals surface area contributed by atoms with Gasteiger partial charge in [-0.3, -0.25) is 4.98 Å². The van der Waals surface area contributed by atoms with Crippen molar-refractivity contribution in [2.75, 3.05) is 12.1 Å². The van der Waals surface area contributed by atoms with Gasteiger partial charge in [-0.2, -0.15) is 5.10 Å². The number of hydrogen-bond acceptors (Lipinski definition) is 5. The van der Waals surface area contributed by atoms with Gasteiger partial charge in [-0.05, 0) is 54.4 Å². The van der Waals surface area contributed by atoms with E-state index in [0.717, 1.165) is 16.8 Å². The molecule has 1 aliphatic heterocycles. The van der Waals surface area contributed by atoms with E-state index in [2.05, 4.69) is 4.98 Å². The van der Waals surface area contributed by atoms with E-state index in [1.54, 1.807) is 29.5 Å². The Morgan fingerprint density at radius 1 is 1.03 bits per heavy atom. The molecule has 0 fully saturated rings. The van der Waals surface area contributed by atoms with Crippen LogP contribution in [0.2, 0.25) is 0 Å². The van der Waals surface area contributed by atoms with E-state index in [0.29, 0.717) is 5.71 Å². The van der Waals surface area contributed by atoms with Crippen LogP contribution in [0.25, 0.3) is 0 Å². The predicted octanol–water partition coefficient (Wildman–Crippen LogP) is 4.16. The number of carbonyl (C=O) groups is 1. The Hall–Kier alpha value is -3.54. The van der Waals surface area contributed by atoms with Crippen molar-refractivity contribution in [3.63, 3.8) is 0 Å². The van der Waals surface area contributed by atoms with E-state index in [4.69, 9.17) is 9.84 Å². The lowest BCUT2D eigenvalue weighted by atomic mass is 9.76. The topological polar surface area (TPSA) is 54.8 Å². The molecule has 2 unspecified atom stereocenters. The van der Waals surface area contributed by atoms with Gasteiger partial charge in [0.05, 0.1) is 24.4 Å². The predicted molar refractivity (Wildman–Crippen MR) is 109 cm³/mol. The molecule has 0 bridgehead atoms. The van der Waals surface area contributed by atoms with Gasteiger partial charge in [-0.15, -0.1) is 0 Å². The highest BCUT2D eigenvalue weighted by Crippen LogP contribution is 2.45. The largest absolute Gasteiger partial charge is 0.467 e. The van der Waals surface area contributed by atoms with Gasteiger partial charge in [0.1, 0.15) is 5.82 Å². The Balaban J connectivity index is 1.95. The first-order valence-electron chi connectivity index (χ1n) is 9.23. The zero-order chi connectivity index (χ0) is 20.4. The number of rotatable bonds is 4. The summed E-state index contributed by atoms with van der Waals surface area (Å²) in [6.07, 6.45) is 3.36. The van der Waals surface area contributed by atoms with Gasteiger partial charge >= 0.3 is 5.97 Å². The number of benzene rings is 2. The van der Waals surface area contributed by atoms with Crippen molar-refractivity contribution < 1.29 is 13.9 Å². The Morgan fingerprint density at radius 3 is 2.31 bits per heavy atom. The second kappa shape index (κ2) is 7.47. The number of methoxy groups -OCH3 is 1. The normalized spacial score (nSPS) is 21.0. The number of para-hydroxylation sites is 1. The molecule has 0 amide bonds. The molecule has 0 aliphatic carbocycles. The number of hydrogen-bond donors (Lipinski definition) is 0. The summed E-state index contributed by atoms with van der Waals surface area (Å²) in [5.74, 6) is -1.18. The first kappa shape index (κ1) is 18.8. The highest BCUT2D eigenvalue weighted by atomic mass is 19.1. The number of halogens is 1. The number of nitrogens with zero attached hydrogens (tertiary/aromatic N) is 3. The molecular weight excluding hydrogens is 369 g/mol. The van der Waals surface area contributed by atoms with Crippen molar-refractivity contribution in [1.29, 1.82) is 0 Å². The minimum atomic E-state index is -1.14. The second-order valence-corrected chi connectivity index (χ2v) is 6.99. The van der Waals surface area contributed by atoms with Crippen LogP contribution in [0, 0.1) is 5.82 Å². The molecule has 1 aromatic heterocycles. The number of anilines is 1. The Labute approximate surface area is 168 Å². The number of pyridine rings is 1. The molecule has 2 aromatic carbocycles. The van der Waals surface area contributed by atoms with Gasteiger partial charge in [0.25, 0.3) is 0 Å². The molecule has 0 saturated heterocycles. The van der Waals surface area contributed by atoms with E-state index < -0.39 is 17.4 Å². The first-order valence-corrected chi connectivity index (χ1v) is 9.23. The second-order valence-electron chi connectivity index (χ2n) is 6.99. The van der Waals surface area contributed by atoms with Gasteiger partial charge < -0.3 is 4.74 Å². The van der Waals surface area contributed by atoms with Crippen molar-refractivity contribution in [2.24, 2.45) is 5.10 Å². The van der Waals surface area contributed by atoms with Crippen molar-refractivity contribution in [2.45, 2.75) is 18.4 Å². The lowest BCUT2D eigenvalue weighted by Crippen LogP contribution is -2.52. The summed E-state index contributed by atoms with van der Waals surface area (Å²) in [6, 6.07) is 19.3. The molecule has 2 heterocycles. The van der Waals surface area contributed by atoms with Crippen molar-refractivity contribution in [1.82, 2.24) is 4.98 Å². The highest BCUT2D eigenvalue weighted by Gasteiger charge is 2.55. The Morgan fingerprint density at radius 2 is 1.69 bits per heavy atom. The molecule has 5 nitrogen and oxygen atoms in total. The van der Waals surface area contributed by atoms with E-state index in [1.165, 1.54) is 19.2 Å². The lowest BCUT2D eigenvalue weighted by Gasteiger charge is -2.36. The van der Waals surface area contributed by atoms with E-state index in [9.17, 15) is 9.18 Å². The lowest BCUT2D eigenvalue weighted by molar-refractivity contribution is -0.146. The van der Waals surface area contributed by atoms with Gasteiger partial charge in [-0.1, -0.05) is 30.3 Å². The molecule has 0 saturated carbocycles. The molecule has 0 spiro atoms.